The number of aromatic nitrogens is 4. The summed E-state index contributed by atoms with van der Waals surface area (Å²) in [7, 11) is 0. The van der Waals surface area contributed by atoms with Gasteiger partial charge in [-0.3, -0.25) is 4.98 Å². The molecule has 0 fully saturated rings. The number of aryl methyl sites for hydroxylation is 1. The van der Waals surface area contributed by atoms with Crippen molar-refractivity contribution in [2.24, 2.45) is 0 Å². The summed E-state index contributed by atoms with van der Waals surface area (Å²) in [5.41, 5.74) is 3.26. The van der Waals surface area contributed by atoms with Crippen molar-refractivity contribution in [2.45, 2.75) is 26.4 Å². The van der Waals surface area contributed by atoms with Crippen LogP contribution < -0.4 is 4.90 Å². The number of fused-ring (bicyclic) bond motifs is 1. The molecule has 122 valence electrons. The Hall–Kier alpha value is -2.76. The third-order valence-corrected chi connectivity index (χ3v) is 4.41. The Kier molecular flexibility index (Phi) is 3.72. The molecule has 5 nitrogen and oxygen atoms in total. The van der Waals surface area contributed by atoms with Gasteiger partial charge in [0.25, 0.3) is 0 Å². The molecular formula is C18H18FN5. The summed E-state index contributed by atoms with van der Waals surface area (Å²) >= 11 is 0. The molecule has 0 atom stereocenters. The van der Waals surface area contributed by atoms with E-state index in [9.17, 15) is 4.39 Å². The summed E-state index contributed by atoms with van der Waals surface area (Å²) in [6, 6.07) is 8.69. The third kappa shape index (κ3) is 2.75. The van der Waals surface area contributed by atoms with Crippen molar-refractivity contribution >= 4 is 5.69 Å². The first-order valence-electron chi connectivity index (χ1n) is 8.01. The van der Waals surface area contributed by atoms with Crippen molar-refractivity contribution < 1.29 is 4.39 Å². The first-order valence-corrected chi connectivity index (χ1v) is 8.01. The molecule has 1 aromatic carbocycles. The highest BCUT2D eigenvalue weighted by molar-refractivity contribution is 5.51. The molecule has 6 heteroatoms. The number of hydrogen-bond acceptors (Lipinski definition) is 4. The number of hydrogen-bond donors (Lipinski definition) is 0. The fourth-order valence-corrected chi connectivity index (χ4v) is 3.20. The minimum atomic E-state index is -0.217. The highest BCUT2D eigenvalue weighted by Crippen LogP contribution is 2.24. The fraction of sp³-hybridized carbons (Fsp3) is 0.278. The van der Waals surface area contributed by atoms with Crippen molar-refractivity contribution in [1.29, 1.82) is 0 Å². The Balaban J connectivity index is 1.57. The molecule has 0 unspecified atom stereocenters. The lowest BCUT2D eigenvalue weighted by Crippen LogP contribution is -2.34. The van der Waals surface area contributed by atoms with Crippen LogP contribution in [0.2, 0.25) is 0 Å². The van der Waals surface area contributed by atoms with E-state index >= 15 is 0 Å². The number of anilines is 1. The average molecular weight is 323 g/mol. The SMILES string of the molecule is Cc1cnccc1N1CCn2c(Cc3cccc(F)c3)nnc2C1. The van der Waals surface area contributed by atoms with Crippen LogP contribution in [0.5, 0.6) is 0 Å². The predicted octanol–water partition coefficient (Wildman–Crippen LogP) is 2.73. The standard InChI is InChI=1S/C18H18FN5/c1-13-11-20-6-5-16(13)23-7-8-24-17(21-22-18(24)12-23)10-14-3-2-4-15(19)9-14/h2-6,9,11H,7-8,10,12H2,1H3. The second kappa shape index (κ2) is 6.03. The zero-order valence-electron chi connectivity index (χ0n) is 13.5. The number of rotatable bonds is 3. The van der Waals surface area contributed by atoms with Crippen molar-refractivity contribution in [3.05, 3.63) is 71.3 Å². The molecule has 2 aromatic heterocycles. The predicted molar refractivity (Wildman–Crippen MR) is 89.3 cm³/mol. The molecule has 0 aliphatic carbocycles. The van der Waals surface area contributed by atoms with E-state index in [1.54, 1.807) is 12.1 Å². The summed E-state index contributed by atoms with van der Waals surface area (Å²) < 4.78 is 15.5. The number of pyridine rings is 1. The Bertz CT molecular complexity index is 873. The van der Waals surface area contributed by atoms with Gasteiger partial charge in [-0.15, -0.1) is 10.2 Å². The van der Waals surface area contributed by atoms with E-state index in [0.717, 1.165) is 42.4 Å². The van der Waals surface area contributed by atoms with Crippen LogP contribution in [0.3, 0.4) is 0 Å². The minimum Gasteiger partial charge on any atom is -0.362 e. The quantitative estimate of drug-likeness (QED) is 0.743. The molecule has 0 bridgehead atoms. The van der Waals surface area contributed by atoms with Crippen molar-refractivity contribution in [3.63, 3.8) is 0 Å². The van der Waals surface area contributed by atoms with Crippen LogP contribution in [0.25, 0.3) is 0 Å². The van der Waals surface area contributed by atoms with Gasteiger partial charge in [0.1, 0.15) is 11.6 Å². The molecule has 1 aliphatic rings. The summed E-state index contributed by atoms with van der Waals surface area (Å²) in [6.07, 6.45) is 4.29. The first kappa shape index (κ1) is 14.8. The van der Waals surface area contributed by atoms with Gasteiger partial charge in [-0.2, -0.15) is 0 Å². The van der Waals surface area contributed by atoms with Crippen LogP contribution in [-0.4, -0.2) is 26.3 Å². The number of halogens is 1. The Morgan fingerprint density at radius 2 is 2.08 bits per heavy atom. The summed E-state index contributed by atoms with van der Waals surface area (Å²) in [5.74, 6) is 1.62. The molecule has 0 saturated carbocycles. The van der Waals surface area contributed by atoms with Crippen molar-refractivity contribution in [2.75, 3.05) is 11.4 Å². The Morgan fingerprint density at radius 1 is 1.17 bits per heavy atom. The number of nitrogens with zero attached hydrogens (tertiary/aromatic N) is 5. The second-order valence-electron chi connectivity index (χ2n) is 6.07. The Labute approximate surface area is 139 Å². The maximum absolute atomic E-state index is 13.4. The zero-order valence-corrected chi connectivity index (χ0v) is 13.5. The average Bonchev–Trinajstić information content (AvgIpc) is 2.97. The molecule has 1 aliphatic heterocycles. The molecule has 0 saturated heterocycles. The van der Waals surface area contributed by atoms with Gasteiger partial charge in [-0.05, 0) is 36.2 Å². The van der Waals surface area contributed by atoms with Crippen LogP contribution >= 0.6 is 0 Å². The van der Waals surface area contributed by atoms with Gasteiger partial charge in [0.05, 0.1) is 6.54 Å². The first-order chi connectivity index (χ1) is 11.7. The van der Waals surface area contributed by atoms with Crippen molar-refractivity contribution in [1.82, 2.24) is 19.7 Å². The van der Waals surface area contributed by atoms with Crippen LogP contribution in [-0.2, 0) is 19.5 Å². The zero-order chi connectivity index (χ0) is 16.5. The molecule has 0 N–H and O–H groups in total. The molecule has 0 amide bonds. The lowest BCUT2D eigenvalue weighted by atomic mass is 10.1. The van der Waals surface area contributed by atoms with Gasteiger partial charge in [-0.25, -0.2) is 4.39 Å². The highest BCUT2D eigenvalue weighted by Gasteiger charge is 2.22. The van der Waals surface area contributed by atoms with E-state index in [1.807, 2.05) is 24.5 Å². The smallest absolute Gasteiger partial charge is 0.152 e. The fourth-order valence-electron chi connectivity index (χ4n) is 3.20. The summed E-state index contributed by atoms with van der Waals surface area (Å²) in [5, 5.41) is 8.67. The maximum Gasteiger partial charge on any atom is 0.152 e. The third-order valence-electron chi connectivity index (χ3n) is 4.41. The van der Waals surface area contributed by atoms with Crippen LogP contribution in [0.4, 0.5) is 10.1 Å². The second-order valence-corrected chi connectivity index (χ2v) is 6.07. The van der Waals surface area contributed by atoms with E-state index in [0.29, 0.717) is 6.42 Å². The molecule has 24 heavy (non-hydrogen) atoms. The molecule has 0 spiro atoms. The van der Waals surface area contributed by atoms with Crippen LogP contribution in [0, 0.1) is 12.7 Å². The Morgan fingerprint density at radius 3 is 2.92 bits per heavy atom. The van der Waals surface area contributed by atoms with E-state index < -0.39 is 0 Å². The molecule has 3 aromatic rings. The number of benzene rings is 1. The molecule has 0 radical (unpaired) electrons. The van der Waals surface area contributed by atoms with Crippen LogP contribution in [0.15, 0.2) is 42.7 Å². The lowest BCUT2D eigenvalue weighted by molar-refractivity contribution is 0.545. The molecular weight excluding hydrogens is 305 g/mol. The van der Waals surface area contributed by atoms with E-state index in [2.05, 4.69) is 31.6 Å². The van der Waals surface area contributed by atoms with Gasteiger partial charge in [0.15, 0.2) is 5.82 Å². The summed E-state index contributed by atoms with van der Waals surface area (Å²) in [4.78, 5) is 6.45. The van der Waals surface area contributed by atoms with E-state index in [-0.39, 0.29) is 5.82 Å². The topological polar surface area (TPSA) is 46.8 Å². The van der Waals surface area contributed by atoms with E-state index in [1.165, 1.54) is 11.8 Å². The summed E-state index contributed by atoms with van der Waals surface area (Å²) in [6.45, 7) is 4.51. The normalized spacial score (nSPS) is 13.8. The maximum atomic E-state index is 13.4. The highest BCUT2D eigenvalue weighted by atomic mass is 19.1. The van der Waals surface area contributed by atoms with Gasteiger partial charge in [0.2, 0.25) is 0 Å². The lowest BCUT2D eigenvalue weighted by Gasteiger charge is -2.30. The van der Waals surface area contributed by atoms with Crippen LogP contribution in [0.1, 0.15) is 22.8 Å². The van der Waals surface area contributed by atoms with Gasteiger partial charge < -0.3 is 9.47 Å². The largest absolute Gasteiger partial charge is 0.362 e. The van der Waals surface area contributed by atoms with Gasteiger partial charge in [0, 0.05) is 37.6 Å². The minimum absolute atomic E-state index is 0.217. The monoisotopic (exact) mass is 323 g/mol. The van der Waals surface area contributed by atoms with Gasteiger partial charge >= 0.3 is 0 Å². The molecule has 4 rings (SSSR count). The van der Waals surface area contributed by atoms with E-state index in [4.69, 9.17) is 0 Å². The van der Waals surface area contributed by atoms with Gasteiger partial charge in [-0.1, -0.05) is 12.1 Å². The molecule has 3 heterocycles. The van der Waals surface area contributed by atoms with Crippen molar-refractivity contribution in [3.8, 4) is 0 Å².